The second-order valence-corrected chi connectivity index (χ2v) is 5.95. The quantitative estimate of drug-likeness (QED) is 0.473. The van der Waals surface area contributed by atoms with E-state index in [0.717, 1.165) is 5.56 Å². The zero-order valence-corrected chi connectivity index (χ0v) is 14.8. The Morgan fingerprint density at radius 2 is 1.74 bits per heavy atom. The van der Waals surface area contributed by atoms with E-state index in [1.54, 1.807) is 12.1 Å². The van der Waals surface area contributed by atoms with Gasteiger partial charge >= 0.3 is 12.0 Å². The minimum Gasteiger partial charge on any atom is -0.481 e. The summed E-state index contributed by atoms with van der Waals surface area (Å²) in [6, 6.07) is 12.0. The second-order valence-electron chi connectivity index (χ2n) is 5.95. The van der Waals surface area contributed by atoms with Crippen molar-refractivity contribution in [1.82, 2.24) is 16.0 Å². The molecule has 0 bridgehead atoms. The molecule has 0 radical (unpaired) electrons. The smallest absolute Gasteiger partial charge is 0.315 e. The number of carboxylic acid groups (broad SMARTS) is 1. The SMILES string of the molecule is O=C(O)CCC(Cc1ccccc1)NC(=O)NCCNC(=O)c1ccco1. The van der Waals surface area contributed by atoms with Gasteiger partial charge in [-0.3, -0.25) is 9.59 Å². The molecule has 1 unspecified atom stereocenters. The summed E-state index contributed by atoms with van der Waals surface area (Å²) in [6.45, 7) is 0.473. The Bertz CT molecular complexity index is 731. The maximum Gasteiger partial charge on any atom is 0.315 e. The monoisotopic (exact) mass is 373 g/mol. The molecule has 1 atom stereocenters. The largest absolute Gasteiger partial charge is 0.481 e. The summed E-state index contributed by atoms with van der Waals surface area (Å²) >= 11 is 0. The molecule has 0 aliphatic carbocycles. The van der Waals surface area contributed by atoms with Gasteiger partial charge in [-0.25, -0.2) is 4.79 Å². The van der Waals surface area contributed by atoms with Gasteiger partial charge in [-0.1, -0.05) is 30.3 Å². The molecule has 1 aromatic carbocycles. The predicted octanol–water partition coefficient (Wildman–Crippen LogP) is 1.78. The van der Waals surface area contributed by atoms with Crippen LogP contribution in [0, 0.1) is 0 Å². The molecule has 8 heteroatoms. The number of carbonyl (C=O) groups excluding carboxylic acids is 2. The normalized spacial score (nSPS) is 11.4. The molecule has 0 spiro atoms. The summed E-state index contributed by atoms with van der Waals surface area (Å²) < 4.78 is 4.97. The number of hydrogen-bond donors (Lipinski definition) is 4. The summed E-state index contributed by atoms with van der Waals surface area (Å²) in [6.07, 6.45) is 2.24. The number of amides is 3. The Morgan fingerprint density at radius 3 is 2.41 bits per heavy atom. The highest BCUT2D eigenvalue weighted by Gasteiger charge is 2.15. The van der Waals surface area contributed by atoms with Crippen molar-refractivity contribution in [1.29, 1.82) is 0 Å². The molecule has 0 saturated carbocycles. The van der Waals surface area contributed by atoms with E-state index in [4.69, 9.17) is 9.52 Å². The molecular formula is C19H23N3O5. The molecule has 0 aliphatic heterocycles. The number of carbonyl (C=O) groups is 3. The fourth-order valence-electron chi connectivity index (χ4n) is 2.50. The Kier molecular flexibility index (Phi) is 7.90. The average molecular weight is 373 g/mol. The number of benzene rings is 1. The molecular weight excluding hydrogens is 350 g/mol. The Morgan fingerprint density at radius 1 is 1.00 bits per heavy atom. The average Bonchev–Trinajstić information content (AvgIpc) is 3.19. The minimum absolute atomic E-state index is 0.0308. The molecule has 1 heterocycles. The van der Waals surface area contributed by atoms with Crippen LogP contribution < -0.4 is 16.0 Å². The van der Waals surface area contributed by atoms with Crippen LogP contribution in [0.3, 0.4) is 0 Å². The van der Waals surface area contributed by atoms with Crippen LogP contribution in [0.2, 0.25) is 0 Å². The second kappa shape index (κ2) is 10.6. The van der Waals surface area contributed by atoms with Crippen LogP contribution in [0.25, 0.3) is 0 Å². The van der Waals surface area contributed by atoms with Crippen LogP contribution in [0.15, 0.2) is 53.1 Å². The molecule has 2 rings (SSSR count). The van der Waals surface area contributed by atoms with Crippen molar-refractivity contribution in [3.8, 4) is 0 Å². The Balaban J connectivity index is 1.74. The number of hydrogen-bond acceptors (Lipinski definition) is 4. The molecule has 0 aliphatic rings. The minimum atomic E-state index is -0.907. The van der Waals surface area contributed by atoms with E-state index in [-0.39, 0.29) is 37.2 Å². The van der Waals surface area contributed by atoms with Crippen molar-refractivity contribution in [2.75, 3.05) is 13.1 Å². The summed E-state index contributed by atoms with van der Waals surface area (Å²) in [5.74, 6) is -1.06. The van der Waals surface area contributed by atoms with E-state index in [9.17, 15) is 14.4 Å². The maximum absolute atomic E-state index is 12.1. The lowest BCUT2D eigenvalue weighted by Crippen LogP contribution is -2.45. The van der Waals surface area contributed by atoms with Gasteiger partial charge in [0.1, 0.15) is 0 Å². The predicted molar refractivity (Wildman–Crippen MR) is 98.4 cm³/mol. The third-order valence-electron chi connectivity index (χ3n) is 3.81. The fraction of sp³-hybridized carbons (Fsp3) is 0.316. The van der Waals surface area contributed by atoms with Gasteiger partial charge in [-0.2, -0.15) is 0 Å². The van der Waals surface area contributed by atoms with Crippen LogP contribution >= 0.6 is 0 Å². The molecule has 0 saturated heterocycles. The van der Waals surface area contributed by atoms with Crippen LogP contribution in [0.5, 0.6) is 0 Å². The van der Waals surface area contributed by atoms with Crippen LogP contribution in [-0.2, 0) is 11.2 Å². The van der Waals surface area contributed by atoms with Crippen molar-refractivity contribution in [3.63, 3.8) is 0 Å². The van der Waals surface area contributed by atoms with Gasteiger partial charge in [0.2, 0.25) is 0 Å². The molecule has 3 amide bonds. The Labute approximate surface area is 156 Å². The van der Waals surface area contributed by atoms with Crippen LogP contribution in [0.4, 0.5) is 4.79 Å². The maximum atomic E-state index is 12.1. The van der Waals surface area contributed by atoms with E-state index in [2.05, 4.69) is 16.0 Å². The lowest BCUT2D eigenvalue weighted by atomic mass is 10.0. The van der Waals surface area contributed by atoms with Crippen molar-refractivity contribution >= 4 is 17.9 Å². The third-order valence-corrected chi connectivity index (χ3v) is 3.81. The first-order chi connectivity index (χ1) is 13.0. The van der Waals surface area contributed by atoms with Crippen LogP contribution in [-0.4, -0.2) is 42.1 Å². The first-order valence-electron chi connectivity index (χ1n) is 8.66. The van der Waals surface area contributed by atoms with Gasteiger partial charge in [-0.15, -0.1) is 0 Å². The van der Waals surface area contributed by atoms with E-state index >= 15 is 0 Å². The van der Waals surface area contributed by atoms with E-state index in [1.165, 1.54) is 6.26 Å². The van der Waals surface area contributed by atoms with Crippen LogP contribution in [0.1, 0.15) is 29.0 Å². The van der Waals surface area contributed by atoms with Gasteiger partial charge in [0.25, 0.3) is 5.91 Å². The number of furan rings is 1. The van der Waals surface area contributed by atoms with Crippen molar-refractivity contribution in [2.24, 2.45) is 0 Å². The van der Waals surface area contributed by atoms with Crippen molar-refractivity contribution < 1.29 is 23.9 Å². The van der Waals surface area contributed by atoms with Gasteiger partial charge < -0.3 is 25.5 Å². The lowest BCUT2D eigenvalue weighted by molar-refractivity contribution is -0.137. The van der Waals surface area contributed by atoms with Crippen molar-refractivity contribution in [3.05, 3.63) is 60.1 Å². The summed E-state index contributed by atoms with van der Waals surface area (Å²) in [4.78, 5) is 34.6. The number of nitrogens with one attached hydrogen (secondary N) is 3. The zero-order valence-electron chi connectivity index (χ0n) is 14.8. The van der Waals surface area contributed by atoms with Gasteiger partial charge in [-0.05, 0) is 30.5 Å². The highest BCUT2D eigenvalue weighted by molar-refractivity contribution is 5.91. The molecule has 2 aromatic rings. The summed E-state index contributed by atoms with van der Waals surface area (Å²) in [5.41, 5.74) is 1.01. The molecule has 27 heavy (non-hydrogen) atoms. The molecule has 144 valence electrons. The third kappa shape index (κ3) is 7.64. The first-order valence-corrected chi connectivity index (χ1v) is 8.66. The lowest BCUT2D eigenvalue weighted by Gasteiger charge is -2.19. The number of urea groups is 1. The highest BCUT2D eigenvalue weighted by Crippen LogP contribution is 2.08. The van der Waals surface area contributed by atoms with E-state index in [0.29, 0.717) is 12.8 Å². The van der Waals surface area contributed by atoms with Crippen molar-refractivity contribution in [2.45, 2.75) is 25.3 Å². The molecule has 8 nitrogen and oxygen atoms in total. The Hall–Kier alpha value is -3.29. The molecule has 4 N–H and O–H groups in total. The topological polar surface area (TPSA) is 121 Å². The molecule has 0 fully saturated rings. The zero-order chi connectivity index (χ0) is 19.5. The summed E-state index contributed by atoms with van der Waals surface area (Å²) in [5, 5.41) is 16.9. The van der Waals surface area contributed by atoms with Gasteiger partial charge in [0.05, 0.1) is 6.26 Å². The number of aliphatic carboxylic acids is 1. The first kappa shape index (κ1) is 20.0. The van der Waals surface area contributed by atoms with E-state index in [1.807, 2.05) is 30.3 Å². The van der Waals surface area contributed by atoms with Gasteiger partial charge in [0, 0.05) is 25.6 Å². The summed E-state index contributed by atoms with van der Waals surface area (Å²) in [7, 11) is 0. The van der Waals surface area contributed by atoms with E-state index < -0.39 is 12.0 Å². The number of rotatable bonds is 10. The standard InChI is InChI=1S/C19H23N3O5/c23-17(24)9-8-15(13-14-5-2-1-3-6-14)22-19(26)21-11-10-20-18(25)16-7-4-12-27-16/h1-7,12,15H,8-11,13H2,(H,20,25)(H,23,24)(H2,21,22,26). The van der Waals surface area contributed by atoms with Gasteiger partial charge in [0.15, 0.2) is 5.76 Å². The number of carboxylic acids is 1. The highest BCUT2D eigenvalue weighted by atomic mass is 16.4. The fourth-order valence-corrected chi connectivity index (χ4v) is 2.50. The molecule has 1 aromatic heterocycles.